The number of carbonyl (C=O) groups is 2. The van der Waals surface area contributed by atoms with Crippen LogP contribution in [0.15, 0.2) is 30.3 Å². The van der Waals surface area contributed by atoms with Crippen molar-refractivity contribution in [3.63, 3.8) is 0 Å². The van der Waals surface area contributed by atoms with E-state index in [0.717, 1.165) is 19.3 Å². The summed E-state index contributed by atoms with van der Waals surface area (Å²) in [5.74, 6) is -0.997. The second kappa shape index (κ2) is 5.98. The van der Waals surface area contributed by atoms with Crippen LogP contribution >= 0.6 is 0 Å². The molecule has 4 nitrogen and oxygen atoms in total. The monoisotopic (exact) mass is 287 g/mol. The van der Waals surface area contributed by atoms with Gasteiger partial charge in [0.15, 0.2) is 0 Å². The number of nitrogens with one attached hydrogen (secondary N) is 1. The van der Waals surface area contributed by atoms with Gasteiger partial charge in [-0.2, -0.15) is 0 Å². The molecule has 3 rings (SSSR count). The first-order chi connectivity index (χ1) is 10.2. The molecule has 1 spiro atoms. The Balaban J connectivity index is 1.57. The highest BCUT2D eigenvalue weighted by Crippen LogP contribution is 2.39. The van der Waals surface area contributed by atoms with E-state index < -0.39 is 11.7 Å². The van der Waals surface area contributed by atoms with Crippen molar-refractivity contribution >= 4 is 11.7 Å². The number of benzene rings is 1. The van der Waals surface area contributed by atoms with Crippen LogP contribution in [0.3, 0.4) is 0 Å². The summed E-state index contributed by atoms with van der Waals surface area (Å²) in [6, 6.07) is 8.63. The molecule has 1 aromatic carbocycles. The number of rotatable bonds is 3. The van der Waals surface area contributed by atoms with Gasteiger partial charge in [-0.05, 0) is 19.3 Å². The van der Waals surface area contributed by atoms with E-state index in [9.17, 15) is 9.59 Å². The number of Topliss-reactive ketones (excluding diaryl/α,β-unsaturated/α-hetero) is 1. The van der Waals surface area contributed by atoms with Crippen molar-refractivity contribution in [3.05, 3.63) is 35.9 Å². The Kier molecular flexibility index (Phi) is 4.06. The standard InChI is InChI=1S/C17H21NO3/c19-15(13-7-3-1-4-8-13)16(20)18-14-11-17(21-12-14)9-5-2-6-10-17/h1,3-4,7-8,14H,2,5-6,9-12H2,(H,18,20). The highest BCUT2D eigenvalue weighted by Gasteiger charge is 2.41. The van der Waals surface area contributed by atoms with Crippen molar-refractivity contribution in [1.82, 2.24) is 5.32 Å². The van der Waals surface area contributed by atoms with Gasteiger partial charge < -0.3 is 10.1 Å². The van der Waals surface area contributed by atoms with Crippen LogP contribution in [-0.4, -0.2) is 29.9 Å². The molecule has 0 aromatic heterocycles. The molecule has 21 heavy (non-hydrogen) atoms. The molecule has 112 valence electrons. The average molecular weight is 287 g/mol. The third-order valence-corrected chi connectivity index (χ3v) is 4.55. The first-order valence-corrected chi connectivity index (χ1v) is 7.73. The lowest BCUT2D eigenvalue weighted by Crippen LogP contribution is -2.40. The van der Waals surface area contributed by atoms with Crippen molar-refractivity contribution in [2.45, 2.75) is 50.2 Å². The molecular weight excluding hydrogens is 266 g/mol. The van der Waals surface area contributed by atoms with E-state index in [4.69, 9.17) is 4.74 Å². The van der Waals surface area contributed by atoms with E-state index in [-0.39, 0.29) is 11.6 Å². The van der Waals surface area contributed by atoms with Crippen LogP contribution in [0, 0.1) is 0 Å². The van der Waals surface area contributed by atoms with Gasteiger partial charge in [0.05, 0.1) is 18.2 Å². The van der Waals surface area contributed by atoms with Crippen LogP contribution in [-0.2, 0) is 9.53 Å². The Morgan fingerprint density at radius 2 is 1.81 bits per heavy atom. The highest BCUT2D eigenvalue weighted by molar-refractivity contribution is 6.42. The summed E-state index contributed by atoms with van der Waals surface area (Å²) in [5.41, 5.74) is 0.382. The Labute approximate surface area is 124 Å². The molecule has 1 aliphatic heterocycles. The number of amides is 1. The summed E-state index contributed by atoms with van der Waals surface area (Å²) in [5, 5.41) is 2.84. The summed E-state index contributed by atoms with van der Waals surface area (Å²) in [4.78, 5) is 24.1. The number of ether oxygens (including phenoxy) is 1. The third kappa shape index (κ3) is 3.16. The normalized spacial score (nSPS) is 23.9. The van der Waals surface area contributed by atoms with Gasteiger partial charge in [0.2, 0.25) is 5.78 Å². The maximum Gasteiger partial charge on any atom is 0.292 e. The maximum absolute atomic E-state index is 12.1. The fraction of sp³-hybridized carbons (Fsp3) is 0.529. The fourth-order valence-corrected chi connectivity index (χ4v) is 3.45. The van der Waals surface area contributed by atoms with E-state index in [1.165, 1.54) is 19.3 Å². The average Bonchev–Trinajstić information content (AvgIpc) is 2.90. The second-order valence-electron chi connectivity index (χ2n) is 6.12. The summed E-state index contributed by atoms with van der Waals surface area (Å²) in [6.45, 7) is 0.522. The van der Waals surface area contributed by atoms with E-state index >= 15 is 0 Å². The Morgan fingerprint density at radius 3 is 2.52 bits per heavy atom. The summed E-state index contributed by atoms with van der Waals surface area (Å²) in [6.07, 6.45) is 6.65. The topological polar surface area (TPSA) is 55.4 Å². The lowest BCUT2D eigenvalue weighted by Gasteiger charge is -2.32. The summed E-state index contributed by atoms with van der Waals surface area (Å²) >= 11 is 0. The smallest absolute Gasteiger partial charge is 0.292 e. The fourth-order valence-electron chi connectivity index (χ4n) is 3.45. The first-order valence-electron chi connectivity index (χ1n) is 7.73. The Hall–Kier alpha value is -1.68. The van der Waals surface area contributed by atoms with Crippen LogP contribution in [0.1, 0.15) is 48.9 Å². The number of ketones is 1. The van der Waals surface area contributed by atoms with E-state index in [1.54, 1.807) is 24.3 Å². The molecule has 1 atom stereocenters. The quantitative estimate of drug-likeness (QED) is 0.686. The lowest BCUT2D eigenvalue weighted by atomic mass is 9.82. The van der Waals surface area contributed by atoms with Crippen molar-refractivity contribution in [3.8, 4) is 0 Å². The molecule has 1 saturated heterocycles. The molecule has 1 saturated carbocycles. The zero-order chi connectivity index (χ0) is 14.7. The van der Waals surface area contributed by atoms with Gasteiger partial charge in [-0.3, -0.25) is 9.59 Å². The first kappa shape index (κ1) is 14.3. The zero-order valence-electron chi connectivity index (χ0n) is 12.1. The van der Waals surface area contributed by atoms with Gasteiger partial charge in [0, 0.05) is 5.56 Å². The van der Waals surface area contributed by atoms with Gasteiger partial charge in [-0.15, -0.1) is 0 Å². The van der Waals surface area contributed by atoms with E-state index in [0.29, 0.717) is 12.2 Å². The SMILES string of the molecule is O=C(NC1COC2(CCCCC2)C1)C(=O)c1ccccc1. The highest BCUT2D eigenvalue weighted by atomic mass is 16.5. The largest absolute Gasteiger partial charge is 0.373 e. The second-order valence-corrected chi connectivity index (χ2v) is 6.12. The Morgan fingerprint density at radius 1 is 1.10 bits per heavy atom. The number of hydrogen-bond donors (Lipinski definition) is 1. The molecule has 4 heteroatoms. The zero-order valence-corrected chi connectivity index (χ0v) is 12.1. The van der Waals surface area contributed by atoms with Crippen molar-refractivity contribution in [2.75, 3.05) is 6.61 Å². The van der Waals surface area contributed by atoms with Crippen LogP contribution < -0.4 is 5.32 Å². The minimum Gasteiger partial charge on any atom is -0.373 e. The predicted octanol–water partition coefficient (Wildman–Crippen LogP) is 2.48. The van der Waals surface area contributed by atoms with Gasteiger partial charge in [-0.1, -0.05) is 49.6 Å². The van der Waals surface area contributed by atoms with Gasteiger partial charge in [0.1, 0.15) is 0 Å². The molecule has 0 bridgehead atoms. The number of carbonyl (C=O) groups excluding carboxylic acids is 2. The van der Waals surface area contributed by atoms with Crippen LogP contribution in [0.4, 0.5) is 0 Å². The van der Waals surface area contributed by atoms with Gasteiger partial charge in [0.25, 0.3) is 5.91 Å². The lowest BCUT2D eigenvalue weighted by molar-refractivity contribution is -0.117. The summed E-state index contributed by atoms with van der Waals surface area (Å²) < 4.78 is 5.95. The molecule has 1 unspecified atom stereocenters. The van der Waals surface area contributed by atoms with Crippen LogP contribution in [0.2, 0.25) is 0 Å². The molecule has 1 aliphatic carbocycles. The minimum atomic E-state index is -0.525. The van der Waals surface area contributed by atoms with Crippen molar-refractivity contribution in [2.24, 2.45) is 0 Å². The van der Waals surface area contributed by atoms with Crippen molar-refractivity contribution in [1.29, 1.82) is 0 Å². The van der Waals surface area contributed by atoms with E-state index in [2.05, 4.69) is 5.32 Å². The minimum absolute atomic E-state index is 0.0386. The molecule has 1 aromatic rings. The van der Waals surface area contributed by atoms with Crippen LogP contribution in [0.25, 0.3) is 0 Å². The molecule has 1 N–H and O–H groups in total. The molecule has 2 fully saturated rings. The molecular formula is C17H21NO3. The Bertz CT molecular complexity index is 520. The number of hydrogen-bond acceptors (Lipinski definition) is 3. The molecule has 1 amide bonds. The molecule has 1 heterocycles. The van der Waals surface area contributed by atoms with E-state index in [1.807, 2.05) is 6.07 Å². The third-order valence-electron chi connectivity index (χ3n) is 4.55. The van der Waals surface area contributed by atoms with Gasteiger partial charge >= 0.3 is 0 Å². The maximum atomic E-state index is 12.1. The summed E-state index contributed by atoms with van der Waals surface area (Å²) in [7, 11) is 0. The molecule has 2 aliphatic rings. The van der Waals surface area contributed by atoms with Crippen LogP contribution in [0.5, 0.6) is 0 Å². The van der Waals surface area contributed by atoms with Gasteiger partial charge in [-0.25, -0.2) is 0 Å². The predicted molar refractivity (Wildman–Crippen MR) is 79.1 cm³/mol. The molecule has 0 radical (unpaired) electrons. The van der Waals surface area contributed by atoms with Crippen molar-refractivity contribution < 1.29 is 14.3 Å².